The van der Waals surface area contributed by atoms with Crippen LogP contribution in [0, 0.1) is 0 Å². The number of carbonyl (C=O) groups is 1. The number of amides is 1. The number of nitrogens with zero attached hydrogens (tertiary/aromatic N) is 2. The Morgan fingerprint density at radius 3 is 2.45 bits per heavy atom. The maximum Gasteiger partial charge on any atom is 0.573 e. The molecule has 7 nitrogen and oxygen atoms in total. The van der Waals surface area contributed by atoms with Crippen LogP contribution in [0.2, 0.25) is 0 Å². The van der Waals surface area contributed by atoms with Crippen LogP contribution in [0.1, 0.15) is 36.0 Å². The van der Waals surface area contributed by atoms with Crippen LogP contribution in [-0.2, 0) is 0 Å². The van der Waals surface area contributed by atoms with E-state index in [-0.39, 0.29) is 17.7 Å². The van der Waals surface area contributed by atoms with Crippen LogP contribution in [0.25, 0.3) is 0 Å². The van der Waals surface area contributed by atoms with Gasteiger partial charge in [0.15, 0.2) is 0 Å². The SMILES string of the molecule is COc1nccnc1OC1CCC(NC(=O)c2cccc(OC(F)(F)F)c2)CC1. The number of alkyl halides is 3. The zero-order chi connectivity index (χ0) is 20.9. The fraction of sp³-hybridized carbons (Fsp3) is 0.421. The van der Waals surface area contributed by atoms with Crippen LogP contribution < -0.4 is 19.5 Å². The van der Waals surface area contributed by atoms with E-state index in [2.05, 4.69) is 20.0 Å². The number of nitrogens with one attached hydrogen (secondary N) is 1. The minimum absolute atomic E-state index is 0.0859. The van der Waals surface area contributed by atoms with E-state index in [9.17, 15) is 18.0 Å². The molecule has 2 aromatic rings. The summed E-state index contributed by atoms with van der Waals surface area (Å²) in [5.41, 5.74) is 0.106. The lowest BCUT2D eigenvalue weighted by Gasteiger charge is -2.29. The first-order chi connectivity index (χ1) is 13.8. The Morgan fingerprint density at radius 1 is 1.10 bits per heavy atom. The first-order valence-corrected chi connectivity index (χ1v) is 9.02. The molecule has 0 radical (unpaired) electrons. The maximum absolute atomic E-state index is 12.4. The Labute approximate surface area is 165 Å². The summed E-state index contributed by atoms with van der Waals surface area (Å²) in [7, 11) is 1.48. The van der Waals surface area contributed by atoms with Crippen molar-refractivity contribution in [2.45, 2.75) is 44.2 Å². The van der Waals surface area contributed by atoms with Gasteiger partial charge in [-0.3, -0.25) is 4.79 Å². The van der Waals surface area contributed by atoms with Gasteiger partial charge in [0, 0.05) is 24.0 Å². The number of hydrogen-bond donors (Lipinski definition) is 1. The van der Waals surface area contributed by atoms with E-state index in [0.29, 0.717) is 37.4 Å². The van der Waals surface area contributed by atoms with Gasteiger partial charge >= 0.3 is 6.36 Å². The number of methoxy groups -OCH3 is 1. The highest BCUT2D eigenvalue weighted by Crippen LogP contribution is 2.28. The Bertz CT molecular complexity index is 839. The molecule has 10 heteroatoms. The van der Waals surface area contributed by atoms with Crippen LogP contribution in [0.4, 0.5) is 13.2 Å². The molecule has 0 atom stereocenters. The normalized spacial score (nSPS) is 19.3. The van der Waals surface area contributed by atoms with Crippen LogP contribution in [-0.4, -0.2) is 41.5 Å². The number of halogens is 3. The molecule has 1 aromatic carbocycles. The van der Waals surface area contributed by atoms with Gasteiger partial charge < -0.3 is 19.5 Å². The largest absolute Gasteiger partial charge is 0.573 e. The summed E-state index contributed by atoms with van der Waals surface area (Å²) in [6.45, 7) is 0. The van der Waals surface area contributed by atoms with Gasteiger partial charge in [-0.05, 0) is 43.9 Å². The van der Waals surface area contributed by atoms with Crippen molar-refractivity contribution in [2.75, 3.05) is 7.11 Å². The summed E-state index contributed by atoms with van der Waals surface area (Å²) in [5, 5.41) is 2.85. The van der Waals surface area contributed by atoms with E-state index < -0.39 is 18.0 Å². The second kappa shape index (κ2) is 8.97. The fourth-order valence-corrected chi connectivity index (χ4v) is 3.12. The highest BCUT2D eigenvalue weighted by Gasteiger charge is 2.31. The molecule has 0 saturated heterocycles. The maximum atomic E-state index is 12.4. The van der Waals surface area contributed by atoms with Crippen LogP contribution in [0.5, 0.6) is 17.5 Å². The van der Waals surface area contributed by atoms with Gasteiger partial charge in [-0.25, -0.2) is 9.97 Å². The zero-order valence-corrected chi connectivity index (χ0v) is 15.6. The van der Waals surface area contributed by atoms with E-state index in [0.717, 1.165) is 12.1 Å². The van der Waals surface area contributed by atoms with E-state index >= 15 is 0 Å². The van der Waals surface area contributed by atoms with Crippen molar-refractivity contribution >= 4 is 5.91 Å². The van der Waals surface area contributed by atoms with Crippen molar-refractivity contribution in [3.8, 4) is 17.5 Å². The highest BCUT2D eigenvalue weighted by atomic mass is 19.4. The highest BCUT2D eigenvalue weighted by molar-refractivity contribution is 5.94. The predicted molar refractivity (Wildman–Crippen MR) is 95.8 cm³/mol. The van der Waals surface area contributed by atoms with Crippen LogP contribution >= 0.6 is 0 Å². The van der Waals surface area contributed by atoms with Gasteiger partial charge in [-0.2, -0.15) is 0 Å². The summed E-state index contributed by atoms with van der Waals surface area (Å²) in [6.07, 6.45) is 0.823. The van der Waals surface area contributed by atoms with Crippen molar-refractivity contribution < 1.29 is 32.2 Å². The Balaban J connectivity index is 1.52. The summed E-state index contributed by atoms with van der Waals surface area (Å²) < 4.78 is 51.8. The molecular weight excluding hydrogens is 391 g/mol. The second-order valence-electron chi connectivity index (χ2n) is 6.51. The molecule has 3 rings (SSSR count). The number of ether oxygens (including phenoxy) is 3. The first-order valence-electron chi connectivity index (χ1n) is 9.02. The quantitative estimate of drug-likeness (QED) is 0.784. The number of rotatable bonds is 6. The number of hydrogen-bond acceptors (Lipinski definition) is 6. The van der Waals surface area contributed by atoms with Crippen molar-refractivity contribution in [3.63, 3.8) is 0 Å². The van der Waals surface area contributed by atoms with E-state index in [1.807, 2.05) is 0 Å². The summed E-state index contributed by atoms with van der Waals surface area (Å²) in [5.74, 6) is -0.245. The monoisotopic (exact) mass is 411 g/mol. The average molecular weight is 411 g/mol. The minimum Gasteiger partial charge on any atom is -0.477 e. The molecule has 1 fully saturated rings. The van der Waals surface area contributed by atoms with Crippen molar-refractivity contribution in [1.29, 1.82) is 0 Å². The molecule has 0 aliphatic heterocycles. The number of carbonyl (C=O) groups excluding carboxylic acids is 1. The third kappa shape index (κ3) is 5.97. The van der Waals surface area contributed by atoms with Gasteiger partial charge in [-0.1, -0.05) is 6.07 Å². The minimum atomic E-state index is -4.81. The van der Waals surface area contributed by atoms with Crippen molar-refractivity contribution in [2.24, 2.45) is 0 Å². The number of aromatic nitrogens is 2. The van der Waals surface area contributed by atoms with Crippen molar-refractivity contribution in [1.82, 2.24) is 15.3 Å². The smallest absolute Gasteiger partial charge is 0.477 e. The second-order valence-corrected chi connectivity index (χ2v) is 6.51. The lowest BCUT2D eigenvalue weighted by atomic mass is 9.92. The Morgan fingerprint density at radius 2 is 1.79 bits per heavy atom. The molecule has 1 aromatic heterocycles. The Hall–Kier alpha value is -3.04. The molecule has 1 N–H and O–H groups in total. The fourth-order valence-electron chi connectivity index (χ4n) is 3.12. The third-order valence-corrected chi connectivity index (χ3v) is 4.44. The Kier molecular flexibility index (Phi) is 6.40. The molecule has 1 aliphatic carbocycles. The van der Waals surface area contributed by atoms with Gasteiger partial charge in [0.25, 0.3) is 17.7 Å². The van der Waals surface area contributed by atoms with Gasteiger partial charge in [0.2, 0.25) is 0 Å². The molecule has 1 aliphatic rings. The average Bonchev–Trinajstić information content (AvgIpc) is 2.69. The summed E-state index contributed by atoms with van der Waals surface area (Å²) in [4.78, 5) is 20.5. The van der Waals surface area contributed by atoms with E-state index in [1.54, 1.807) is 0 Å². The van der Waals surface area contributed by atoms with Gasteiger partial charge in [-0.15, -0.1) is 13.2 Å². The van der Waals surface area contributed by atoms with Gasteiger partial charge in [0.05, 0.1) is 7.11 Å². The molecule has 0 unspecified atom stereocenters. The van der Waals surface area contributed by atoms with Gasteiger partial charge in [0.1, 0.15) is 11.9 Å². The number of benzene rings is 1. The summed E-state index contributed by atoms with van der Waals surface area (Å²) in [6, 6.07) is 4.90. The molecule has 1 saturated carbocycles. The lowest BCUT2D eigenvalue weighted by molar-refractivity contribution is -0.274. The standard InChI is InChI=1S/C19H20F3N3O4/c1-27-17-18(24-10-9-23-17)28-14-7-5-13(6-8-14)25-16(26)12-3-2-4-15(11-12)29-19(20,21)22/h2-4,9-11,13-14H,5-8H2,1H3,(H,25,26). The van der Waals surface area contributed by atoms with Crippen molar-refractivity contribution in [3.05, 3.63) is 42.2 Å². The molecular formula is C19H20F3N3O4. The molecule has 0 bridgehead atoms. The predicted octanol–water partition coefficient (Wildman–Crippen LogP) is 3.50. The molecule has 156 valence electrons. The molecule has 1 amide bonds. The molecule has 29 heavy (non-hydrogen) atoms. The summed E-state index contributed by atoms with van der Waals surface area (Å²) >= 11 is 0. The first kappa shape index (κ1) is 20.7. The van der Waals surface area contributed by atoms with Crippen LogP contribution in [0.3, 0.4) is 0 Å². The lowest BCUT2D eigenvalue weighted by Crippen LogP contribution is -2.39. The van der Waals surface area contributed by atoms with E-state index in [4.69, 9.17) is 9.47 Å². The molecule has 1 heterocycles. The topological polar surface area (TPSA) is 82.6 Å². The zero-order valence-electron chi connectivity index (χ0n) is 15.6. The van der Waals surface area contributed by atoms with E-state index in [1.165, 1.54) is 31.6 Å². The third-order valence-electron chi connectivity index (χ3n) is 4.44. The van der Waals surface area contributed by atoms with Crippen LogP contribution in [0.15, 0.2) is 36.7 Å². The molecule has 0 spiro atoms.